The molecule has 0 aliphatic heterocycles. The van der Waals surface area contributed by atoms with Crippen LogP contribution in [-0.2, 0) is 6.42 Å². The molecule has 0 spiro atoms. The van der Waals surface area contributed by atoms with Gasteiger partial charge in [0.2, 0.25) is 0 Å². The van der Waals surface area contributed by atoms with Gasteiger partial charge in [0.1, 0.15) is 0 Å². The van der Waals surface area contributed by atoms with E-state index in [0.717, 1.165) is 6.42 Å². The summed E-state index contributed by atoms with van der Waals surface area (Å²) in [5.74, 6) is 0. The van der Waals surface area contributed by atoms with Crippen LogP contribution < -0.4 is 0 Å². The van der Waals surface area contributed by atoms with Crippen molar-refractivity contribution in [3.8, 4) is 10.4 Å². The van der Waals surface area contributed by atoms with Crippen LogP contribution in [-0.4, -0.2) is 0 Å². The number of hydrogen-bond acceptors (Lipinski definition) is 1. The third kappa shape index (κ3) is 1.73. The molecule has 0 aliphatic rings. The number of hydrogen-bond donors (Lipinski definition) is 0. The molecule has 1 heteroatoms. The molecule has 2 aromatic rings. The summed E-state index contributed by atoms with van der Waals surface area (Å²) < 4.78 is 0. The van der Waals surface area contributed by atoms with Gasteiger partial charge in [-0.3, -0.25) is 0 Å². The molecule has 0 fully saturated rings. The SMILES string of the molecule is CCc1ccccc1-c1ccc(C)s1. The molecule has 1 heterocycles. The molecule has 1 aromatic heterocycles. The Morgan fingerprint density at radius 3 is 2.50 bits per heavy atom. The average molecular weight is 202 g/mol. The Labute approximate surface area is 89.2 Å². The molecule has 0 radical (unpaired) electrons. The summed E-state index contributed by atoms with van der Waals surface area (Å²) in [6, 6.07) is 13.1. The molecule has 0 bridgehead atoms. The van der Waals surface area contributed by atoms with E-state index in [1.807, 2.05) is 11.3 Å². The van der Waals surface area contributed by atoms with E-state index in [2.05, 4.69) is 50.2 Å². The molecule has 0 saturated heterocycles. The van der Waals surface area contributed by atoms with Gasteiger partial charge in [0.05, 0.1) is 0 Å². The first-order valence-corrected chi connectivity index (χ1v) is 5.77. The van der Waals surface area contributed by atoms with Gasteiger partial charge in [-0.15, -0.1) is 11.3 Å². The van der Waals surface area contributed by atoms with Gasteiger partial charge in [-0.1, -0.05) is 31.2 Å². The highest BCUT2D eigenvalue weighted by Gasteiger charge is 2.04. The van der Waals surface area contributed by atoms with Crippen molar-refractivity contribution in [3.05, 3.63) is 46.8 Å². The van der Waals surface area contributed by atoms with Crippen molar-refractivity contribution in [2.45, 2.75) is 20.3 Å². The second-order valence-electron chi connectivity index (χ2n) is 3.42. The third-order valence-corrected chi connectivity index (χ3v) is 3.44. The minimum atomic E-state index is 1.10. The molecular formula is C13H14S. The molecule has 0 saturated carbocycles. The van der Waals surface area contributed by atoms with Crippen molar-refractivity contribution < 1.29 is 0 Å². The lowest BCUT2D eigenvalue weighted by atomic mass is 10.0. The summed E-state index contributed by atoms with van der Waals surface area (Å²) >= 11 is 1.87. The predicted molar refractivity (Wildman–Crippen MR) is 63.9 cm³/mol. The van der Waals surface area contributed by atoms with Crippen LogP contribution in [0.1, 0.15) is 17.4 Å². The first-order valence-electron chi connectivity index (χ1n) is 4.96. The quantitative estimate of drug-likeness (QED) is 0.681. The first-order chi connectivity index (χ1) is 6.81. The molecule has 0 nitrogen and oxygen atoms in total. The average Bonchev–Trinajstić information content (AvgIpc) is 2.65. The molecule has 2 rings (SSSR count). The minimum absolute atomic E-state index is 1.10. The first kappa shape index (κ1) is 9.47. The van der Waals surface area contributed by atoms with Crippen molar-refractivity contribution in [3.63, 3.8) is 0 Å². The molecule has 1 aromatic carbocycles. The Bertz CT molecular complexity index is 426. The zero-order valence-electron chi connectivity index (χ0n) is 8.58. The highest BCUT2D eigenvalue weighted by molar-refractivity contribution is 7.15. The van der Waals surface area contributed by atoms with Crippen molar-refractivity contribution in [2.75, 3.05) is 0 Å². The number of benzene rings is 1. The Morgan fingerprint density at radius 1 is 1.07 bits per heavy atom. The zero-order valence-corrected chi connectivity index (χ0v) is 9.40. The van der Waals surface area contributed by atoms with Crippen LogP contribution in [0.4, 0.5) is 0 Å². The topological polar surface area (TPSA) is 0 Å². The lowest BCUT2D eigenvalue weighted by molar-refractivity contribution is 1.14. The van der Waals surface area contributed by atoms with Gasteiger partial charge in [0.15, 0.2) is 0 Å². The van der Waals surface area contributed by atoms with E-state index in [9.17, 15) is 0 Å². The fourth-order valence-electron chi connectivity index (χ4n) is 1.65. The summed E-state index contributed by atoms with van der Waals surface area (Å²) in [6.45, 7) is 4.36. The maximum Gasteiger partial charge on any atom is 0.0348 e. The number of aryl methyl sites for hydroxylation is 2. The Kier molecular flexibility index (Phi) is 2.69. The van der Waals surface area contributed by atoms with Gasteiger partial charge in [-0.2, -0.15) is 0 Å². The van der Waals surface area contributed by atoms with Crippen molar-refractivity contribution in [1.29, 1.82) is 0 Å². The van der Waals surface area contributed by atoms with Crippen molar-refractivity contribution in [1.82, 2.24) is 0 Å². The van der Waals surface area contributed by atoms with E-state index in [0.29, 0.717) is 0 Å². The fourth-order valence-corrected chi connectivity index (χ4v) is 2.58. The van der Waals surface area contributed by atoms with Gasteiger partial charge in [-0.25, -0.2) is 0 Å². The molecule has 0 unspecified atom stereocenters. The predicted octanol–water partition coefficient (Wildman–Crippen LogP) is 4.29. The second-order valence-corrected chi connectivity index (χ2v) is 4.71. The van der Waals surface area contributed by atoms with E-state index in [4.69, 9.17) is 0 Å². The number of rotatable bonds is 2. The summed E-state index contributed by atoms with van der Waals surface area (Å²) in [5.41, 5.74) is 2.84. The second kappa shape index (κ2) is 3.97. The molecule has 0 aliphatic carbocycles. The smallest absolute Gasteiger partial charge is 0.0348 e. The zero-order chi connectivity index (χ0) is 9.97. The van der Waals surface area contributed by atoms with Crippen LogP contribution in [0.25, 0.3) is 10.4 Å². The third-order valence-electron chi connectivity index (χ3n) is 2.40. The Balaban J connectivity index is 2.50. The van der Waals surface area contributed by atoms with E-state index < -0.39 is 0 Å². The van der Waals surface area contributed by atoms with Crippen LogP contribution in [0, 0.1) is 6.92 Å². The van der Waals surface area contributed by atoms with Crippen LogP contribution in [0.15, 0.2) is 36.4 Å². The molecule has 0 N–H and O–H groups in total. The summed E-state index contributed by atoms with van der Waals surface area (Å²) in [4.78, 5) is 2.77. The van der Waals surface area contributed by atoms with Crippen LogP contribution in [0.3, 0.4) is 0 Å². The van der Waals surface area contributed by atoms with E-state index in [1.54, 1.807) is 0 Å². The van der Waals surface area contributed by atoms with Gasteiger partial charge in [0.25, 0.3) is 0 Å². The lowest BCUT2D eigenvalue weighted by Crippen LogP contribution is -1.83. The molecule has 14 heavy (non-hydrogen) atoms. The summed E-state index contributed by atoms with van der Waals surface area (Å²) in [7, 11) is 0. The van der Waals surface area contributed by atoms with E-state index in [-0.39, 0.29) is 0 Å². The van der Waals surface area contributed by atoms with Gasteiger partial charge >= 0.3 is 0 Å². The van der Waals surface area contributed by atoms with Crippen molar-refractivity contribution in [2.24, 2.45) is 0 Å². The molecule has 72 valence electrons. The molecule has 0 amide bonds. The molecular weight excluding hydrogens is 188 g/mol. The van der Waals surface area contributed by atoms with E-state index in [1.165, 1.54) is 20.9 Å². The monoisotopic (exact) mass is 202 g/mol. The van der Waals surface area contributed by atoms with Crippen LogP contribution in [0.5, 0.6) is 0 Å². The highest BCUT2D eigenvalue weighted by Crippen LogP contribution is 2.30. The molecule has 0 atom stereocenters. The summed E-state index contributed by atoms with van der Waals surface area (Å²) in [5, 5.41) is 0. The summed E-state index contributed by atoms with van der Waals surface area (Å²) in [6.07, 6.45) is 1.10. The van der Waals surface area contributed by atoms with Crippen molar-refractivity contribution >= 4 is 11.3 Å². The van der Waals surface area contributed by atoms with Gasteiger partial charge < -0.3 is 0 Å². The Morgan fingerprint density at radius 2 is 1.86 bits per heavy atom. The number of thiophene rings is 1. The normalized spacial score (nSPS) is 10.4. The largest absolute Gasteiger partial charge is 0.141 e. The Hall–Kier alpha value is -1.08. The standard InChI is InChI=1S/C13H14S/c1-3-11-6-4-5-7-12(11)13-9-8-10(2)14-13/h4-9H,3H2,1-2H3. The van der Waals surface area contributed by atoms with E-state index >= 15 is 0 Å². The van der Waals surface area contributed by atoms with Gasteiger partial charge in [-0.05, 0) is 36.6 Å². The minimum Gasteiger partial charge on any atom is -0.141 e. The highest BCUT2D eigenvalue weighted by atomic mass is 32.1. The lowest BCUT2D eigenvalue weighted by Gasteiger charge is -2.04. The maximum atomic E-state index is 2.22. The van der Waals surface area contributed by atoms with Crippen LogP contribution >= 0.6 is 11.3 Å². The van der Waals surface area contributed by atoms with Gasteiger partial charge in [0, 0.05) is 9.75 Å². The fraction of sp³-hybridized carbons (Fsp3) is 0.231. The maximum absolute atomic E-state index is 2.22. The van der Waals surface area contributed by atoms with Crippen LogP contribution in [0.2, 0.25) is 0 Å².